The lowest BCUT2D eigenvalue weighted by Crippen LogP contribution is -2.40. The van der Waals surface area contributed by atoms with Gasteiger partial charge in [0.05, 0.1) is 11.4 Å². The average Bonchev–Trinajstić information content (AvgIpc) is 3.22. The summed E-state index contributed by atoms with van der Waals surface area (Å²) in [6.07, 6.45) is 2.66. The maximum Gasteiger partial charge on any atom is 0.106 e. The highest BCUT2D eigenvalue weighted by atomic mass is 35.5. The fourth-order valence-corrected chi connectivity index (χ4v) is 5.48. The Balaban J connectivity index is 0.00000256. The Morgan fingerprint density at radius 2 is 1.73 bits per heavy atom. The Morgan fingerprint density at radius 3 is 2.47 bits per heavy atom. The number of anilines is 2. The van der Waals surface area contributed by atoms with Gasteiger partial charge in [0.25, 0.3) is 0 Å². The maximum atomic E-state index is 5.70. The van der Waals surface area contributed by atoms with E-state index in [4.69, 9.17) is 12.2 Å². The topological polar surface area (TPSA) is 18.5 Å². The quantitative estimate of drug-likeness (QED) is 0.521. The second-order valence-corrected chi connectivity index (χ2v) is 10.1. The van der Waals surface area contributed by atoms with Gasteiger partial charge in [-0.1, -0.05) is 56.0 Å². The molecular weight excluding hydrogens is 430 g/mol. The minimum atomic E-state index is 0. The van der Waals surface area contributed by atoms with Crippen LogP contribution >= 0.6 is 36.4 Å². The highest BCUT2D eigenvalue weighted by molar-refractivity contribution is 7.99. The van der Waals surface area contributed by atoms with Crippen molar-refractivity contribution in [3.05, 3.63) is 48.0 Å². The van der Waals surface area contributed by atoms with Gasteiger partial charge in [0.2, 0.25) is 0 Å². The lowest BCUT2D eigenvalue weighted by Gasteiger charge is -2.39. The number of benzene rings is 2. The number of halogens is 1. The number of nitrogens with one attached hydrogen (secondary N) is 1. The second-order valence-electron chi connectivity index (χ2n) is 8.58. The van der Waals surface area contributed by atoms with Crippen molar-refractivity contribution in [2.75, 3.05) is 31.1 Å². The molecule has 162 valence electrons. The number of fused-ring (bicyclic) bond motifs is 2. The highest BCUT2D eigenvalue weighted by Gasteiger charge is 2.29. The molecule has 1 N–H and O–H groups in total. The summed E-state index contributed by atoms with van der Waals surface area (Å²) in [4.78, 5) is 8.63. The summed E-state index contributed by atoms with van der Waals surface area (Å²) in [5, 5.41) is 3.43. The van der Waals surface area contributed by atoms with Crippen LogP contribution in [0.3, 0.4) is 0 Å². The van der Waals surface area contributed by atoms with Gasteiger partial charge in [0.1, 0.15) is 4.99 Å². The molecule has 3 nitrogen and oxygen atoms in total. The number of thiocarbonyl (C=S) groups is 1. The van der Waals surface area contributed by atoms with Crippen molar-refractivity contribution in [3.63, 3.8) is 0 Å². The van der Waals surface area contributed by atoms with Crippen molar-refractivity contribution in [1.29, 1.82) is 0 Å². The molecule has 0 amide bonds. The van der Waals surface area contributed by atoms with E-state index < -0.39 is 0 Å². The van der Waals surface area contributed by atoms with E-state index in [0.717, 1.165) is 23.6 Å². The number of hydrogen-bond acceptors (Lipinski definition) is 4. The number of nitrogens with zero attached hydrogens (tertiary/aromatic N) is 2. The van der Waals surface area contributed by atoms with E-state index in [1.165, 1.54) is 47.1 Å². The molecular formula is C24H32ClN3S2. The summed E-state index contributed by atoms with van der Waals surface area (Å²) in [6, 6.07) is 15.9. The van der Waals surface area contributed by atoms with Crippen LogP contribution < -0.4 is 10.2 Å². The normalized spacial score (nSPS) is 16.6. The van der Waals surface area contributed by atoms with Gasteiger partial charge in [-0.25, -0.2) is 0 Å². The van der Waals surface area contributed by atoms with Crippen LogP contribution in [-0.2, 0) is 0 Å². The average molecular weight is 462 g/mol. The van der Waals surface area contributed by atoms with Crippen LogP contribution in [0.2, 0.25) is 0 Å². The molecule has 1 unspecified atom stereocenters. The standard InChI is InChI=1S/C24H31N3S2.ClH/c1-17(2)15-25-24(28)19-10-11-23-21(14-19)27(18(3)16-26-12-6-7-13-26)20-8-4-5-9-22(20)29-23;/h4-5,8-11,14,17-18H,6-7,12-13,15-16H2,1-3H3,(H,25,28);1H. The van der Waals surface area contributed by atoms with Gasteiger partial charge in [-0.05, 0) is 63.0 Å². The van der Waals surface area contributed by atoms with Crippen LogP contribution in [0.5, 0.6) is 0 Å². The van der Waals surface area contributed by atoms with Gasteiger partial charge >= 0.3 is 0 Å². The van der Waals surface area contributed by atoms with Gasteiger partial charge in [-0.15, -0.1) is 12.4 Å². The van der Waals surface area contributed by atoms with Crippen LogP contribution in [0, 0.1) is 5.92 Å². The Labute approximate surface area is 197 Å². The van der Waals surface area contributed by atoms with Crippen LogP contribution in [0.1, 0.15) is 39.2 Å². The zero-order valence-corrected chi connectivity index (χ0v) is 20.5. The van der Waals surface area contributed by atoms with Crippen molar-refractivity contribution in [2.45, 2.75) is 49.4 Å². The largest absolute Gasteiger partial charge is 0.376 e. The van der Waals surface area contributed by atoms with Crippen molar-refractivity contribution >= 4 is 52.8 Å². The Hall–Kier alpha value is -1.27. The molecule has 2 aliphatic heterocycles. The highest BCUT2D eigenvalue weighted by Crippen LogP contribution is 2.49. The zero-order valence-electron chi connectivity index (χ0n) is 18.1. The molecule has 0 aliphatic carbocycles. The van der Waals surface area contributed by atoms with E-state index in [2.05, 4.69) is 78.4 Å². The fourth-order valence-electron chi connectivity index (χ4n) is 4.22. The molecule has 1 atom stereocenters. The second kappa shape index (κ2) is 10.4. The van der Waals surface area contributed by atoms with Crippen LogP contribution in [-0.4, -0.2) is 42.1 Å². The van der Waals surface area contributed by atoms with Crippen molar-refractivity contribution in [3.8, 4) is 0 Å². The van der Waals surface area contributed by atoms with Crippen LogP contribution in [0.4, 0.5) is 11.4 Å². The molecule has 1 saturated heterocycles. The molecule has 2 aromatic carbocycles. The summed E-state index contributed by atoms with van der Waals surface area (Å²) in [6.45, 7) is 11.2. The monoisotopic (exact) mass is 461 g/mol. The third kappa shape index (κ3) is 5.13. The van der Waals surface area contributed by atoms with Crippen LogP contribution in [0.25, 0.3) is 0 Å². The lowest BCUT2D eigenvalue weighted by molar-refractivity contribution is 0.319. The van der Waals surface area contributed by atoms with Crippen molar-refractivity contribution < 1.29 is 0 Å². The van der Waals surface area contributed by atoms with Crippen molar-refractivity contribution in [2.24, 2.45) is 5.92 Å². The van der Waals surface area contributed by atoms with Gasteiger partial charge in [-0.2, -0.15) is 0 Å². The molecule has 1 fully saturated rings. The first-order valence-electron chi connectivity index (χ1n) is 10.7. The molecule has 30 heavy (non-hydrogen) atoms. The van der Waals surface area contributed by atoms with Crippen molar-refractivity contribution in [1.82, 2.24) is 10.2 Å². The summed E-state index contributed by atoms with van der Waals surface area (Å²) < 4.78 is 0. The Kier molecular flexibility index (Phi) is 8.08. The summed E-state index contributed by atoms with van der Waals surface area (Å²) >= 11 is 7.56. The van der Waals surface area contributed by atoms with E-state index in [1.807, 2.05) is 11.8 Å². The third-order valence-electron chi connectivity index (χ3n) is 5.66. The van der Waals surface area contributed by atoms with Gasteiger partial charge < -0.3 is 15.1 Å². The minimum absolute atomic E-state index is 0. The number of para-hydroxylation sites is 1. The van der Waals surface area contributed by atoms with E-state index >= 15 is 0 Å². The molecule has 0 aromatic heterocycles. The Bertz CT molecular complexity index is 881. The van der Waals surface area contributed by atoms with Crippen LogP contribution in [0.15, 0.2) is 52.3 Å². The molecule has 2 aliphatic rings. The van der Waals surface area contributed by atoms with E-state index in [9.17, 15) is 0 Å². The first kappa shape index (κ1) is 23.4. The van der Waals surface area contributed by atoms with E-state index in [0.29, 0.717) is 12.0 Å². The number of rotatable bonds is 6. The number of hydrogen-bond donors (Lipinski definition) is 1. The zero-order chi connectivity index (χ0) is 20.4. The summed E-state index contributed by atoms with van der Waals surface area (Å²) in [7, 11) is 0. The lowest BCUT2D eigenvalue weighted by atomic mass is 10.1. The molecule has 6 heteroatoms. The SMILES string of the molecule is CC(C)CNC(=S)c1ccc2c(c1)N(C(C)CN1CCCC1)c1ccccc1S2.Cl. The van der Waals surface area contributed by atoms with E-state index in [1.54, 1.807) is 0 Å². The third-order valence-corrected chi connectivity index (χ3v) is 7.17. The van der Waals surface area contributed by atoms with E-state index in [-0.39, 0.29) is 12.4 Å². The summed E-state index contributed by atoms with van der Waals surface area (Å²) in [5.74, 6) is 0.574. The number of likely N-dealkylation sites (tertiary alicyclic amines) is 1. The smallest absolute Gasteiger partial charge is 0.106 e. The first-order chi connectivity index (χ1) is 14.0. The molecule has 0 saturated carbocycles. The predicted molar refractivity (Wildman–Crippen MR) is 136 cm³/mol. The van der Waals surface area contributed by atoms with Gasteiger partial charge in [-0.3, -0.25) is 0 Å². The molecule has 0 spiro atoms. The predicted octanol–water partition coefficient (Wildman–Crippen LogP) is 6.12. The minimum Gasteiger partial charge on any atom is -0.376 e. The first-order valence-corrected chi connectivity index (χ1v) is 12.0. The van der Waals surface area contributed by atoms with Gasteiger partial charge in [0.15, 0.2) is 0 Å². The van der Waals surface area contributed by atoms with Gasteiger partial charge in [0, 0.05) is 34.5 Å². The fraction of sp³-hybridized carbons (Fsp3) is 0.458. The molecule has 0 bridgehead atoms. The molecule has 2 heterocycles. The summed E-state index contributed by atoms with van der Waals surface area (Å²) in [5.41, 5.74) is 3.71. The Morgan fingerprint density at radius 1 is 1.03 bits per heavy atom. The molecule has 0 radical (unpaired) electrons. The molecule has 4 rings (SSSR count). The maximum absolute atomic E-state index is 5.70. The molecule has 2 aromatic rings.